The third-order valence-electron chi connectivity index (χ3n) is 2.56. The average Bonchev–Trinajstić information content (AvgIpc) is 2.39. The van der Waals surface area contributed by atoms with Crippen LogP contribution in [0.3, 0.4) is 0 Å². The van der Waals surface area contributed by atoms with E-state index in [0.717, 1.165) is 5.56 Å². The predicted octanol–water partition coefficient (Wildman–Crippen LogP) is 2.80. The number of nitrogens with one attached hydrogen (secondary N) is 1. The molecule has 1 atom stereocenters. The van der Waals surface area contributed by atoms with Crippen molar-refractivity contribution >= 4 is 5.95 Å². The molecular weight excluding hydrogens is 233 g/mol. The number of anilines is 1. The maximum atomic E-state index is 13.1. The molecule has 0 fully saturated rings. The molecule has 94 valence electrons. The van der Waals surface area contributed by atoms with Crippen LogP contribution in [0.15, 0.2) is 36.7 Å². The smallest absolute Gasteiger partial charge is 0.223 e. The summed E-state index contributed by atoms with van der Waals surface area (Å²) in [6.07, 6.45) is 3.15. The minimum absolute atomic E-state index is 0.0749. The number of hydrogen-bond acceptors (Lipinski definition) is 4. The number of ether oxygens (including phenoxy) is 1. The van der Waals surface area contributed by atoms with E-state index in [0.29, 0.717) is 11.7 Å². The Bertz CT molecular complexity index is 516. The van der Waals surface area contributed by atoms with E-state index in [4.69, 9.17) is 4.74 Å². The fourth-order valence-corrected chi connectivity index (χ4v) is 1.55. The Labute approximate surface area is 105 Å². The zero-order valence-corrected chi connectivity index (χ0v) is 10.2. The number of benzene rings is 1. The van der Waals surface area contributed by atoms with Crippen LogP contribution in [-0.2, 0) is 0 Å². The molecule has 0 amide bonds. The lowest BCUT2D eigenvalue weighted by molar-refractivity contribution is 0.411. The van der Waals surface area contributed by atoms with Gasteiger partial charge in [0, 0.05) is 0 Å². The topological polar surface area (TPSA) is 47.0 Å². The summed E-state index contributed by atoms with van der Waals surface area (Å²) in [4.78, 5) is 8.19. The van der Waals surface area contributed by atoms with E-state index in [1.807, 2.05) is 13.0 Å². The van der Waals surface area contributed by atoms with E-state index in [1.165, 1.54) is 12.1 Å². The number of hydrogen-bond donors (Lipinski definition) is 1. The van der Waals surface area contributed by atoms with Crippen LogP contribution in [0.1, 0.15) is 18.5 Å². The second-order valence-corrected chi connectivity index (χ2v) is 3.87. The van der Waals surface area contributed by atoms with Gasteiger partial charge in [-0.25, -0.2) is 14.4 Å². The third kappa shape index (κ3) is 2.94. The lowest BCUT2D eigenvalue weighted by Gasteiger charge is -2.14. The van der Waals surface area contributed by atoms with Crippen molar-refractivity contribution in [3.63, 3.8) is 0 Å². The second-order valence-electron chi connectivity index (χ2n) is 3.87. The van der Waals surface area contributed by atoms with Crippen molar-refractivity contribution in [2.45, 2.75) is 13.0 Å². The summed E-state index contributed by atoms with van der Waals surface area (Å²) in [5.41, 5.74) is 0.842. The molecule has 0 bridgehead atoms. The minimum Gasteiger partial charge on any atom is -0.494 e. The van der Waals surface area contributed by atoms with Crippen LogP contribution in [0.5, 0.6) is 5.75 Å². The second kappa shape index (κ2) is 5.44. The minimum atomic E-state index is -0.253. The Kier molecular flexibility index (Phi) is 3.72. The van der Waals surface area contributed by atoms with Crippen molar-refractivity contribution < 1.29 is 9.13 Å². The van der Waals surface area contributed by atoms with Crippen molar-refractivity contribution in [1.82, 2.24) is 9.97 Å². The van der Waals surface area contributed by atoms with Gasteiger partial charge in [0.15, 0.2) is 5.75 Å². The van der Waals surface area contributed by atoms with Gasteiger partial charge in [-0.1, -0.05) is 12.1 Å². The number of rotatable bonds is 4. The van der Waals surface area contributed by atoms with Gasteiger partial charge < -0.3 is 10.1 Å². The SMILES string of the molecule is COc1cnc(NC(C)c2cccc(F)c2)nc1. The van der Waals surface area contributed by atoms with Gasteiger partial charge in [-0.2, -0.15) is 0 Å². The van der Waals surface area contributed by atoms with Crippen LogP contribution >= 0.6 is 0 Å². The van der Waals surface area contributed by atoms with Gasteiger partial charge in [-0.15, -0.1) is 0 Å². The van der Waals surface area contributed by atoms with Crippen molar-refractivity contribution in [1.29, 1.82) is 0 Å². The van der Waals surface area contributed by atoms with Crippen molar-refractivity contribution in [2.75, 3.05) is 12.4 Å². The van der Waals surface area contributed by atoms with Crippen molar-refractivity contribution in [3.05, 3.63) is 48.0 Å². The fourth-order valence-electron chi connectivity index (χ4n) is 1.55. The van der Waals surface area contributed by atoms with E-state index in [9.17, 15) is 4.39 Å². The van der Waals surface area contributed by atoms with E-state index in [1.54, 1.807) is 25.6 Å². The van der Waals surface area contributed by atoms with Crippen LogP contribution in [0.4, 0.5) is 10.3 Å². The number of nitrogens with zero attached hydrogens (tertiary/aromatic N) is 2. The van der Waals surface area contributed by atoms with Crippen molar-refractivity contribution in [2.24, 2.45) is 0 Å². The Morgan fingerprint density at radius 1 is 1.28 bits per heavy atom. The van der Waals surface area contributed by atoms with Gasteiger partial charge >= 0.3 is 0 Å². The molecule has 1 unspecified atom stereocenters. The van der Waals surface area contributed by atoms with Gasteiger partial charge in [0.1, 0.15) is 5.82 Å². The number of methoxy groups -OCH3 is 1. The maximum absolute atomic E-state index is 13.1. The summed E-state index contributed by atoms with van der Waals surface area (Å²) >= 11 is 0. The Morgan fingerprint density at radius 3 is 2.61 bits per heavy atom. The van der Waals surface area contributed by atoms with E-state index in [2.05, 4.69) is 15.3 Å². The third-order valence-corrected chi connectivity index (χ3v) is 2.56. The predicted molar refractivity (Wildman–Crippen MR) is 67.0 cm³/mol. The standard InChI is InChI=1S/C13H14FN3O/c1-9(10-4-3-5-11(14)6-10)17-13-15-7-12(18-2)8-16-13/h3-9H,1-2H3,(H,15,16,17). The van der Waals surface area contributed by atoms with E-state index < -0.39 is 0 Å². The molecule has 4 nitrogen and oxygen atoms in total. The molecular formula is C13H14FN3O. The molecule has 0 aliphatic heterocycles. The molecule has 0 aliphatic carbocycles. The lowest BCUT2D eigenvalue weighted by atomic mass is 10.1. The molecule has 2 rings (SSSR count). The maximum Gasteiger partial charge on any atom is 0.223 e. The van der Waals surface area contributed by atoms with Gasteiger partial charge in [0.2, 0.25) is 5.95 Å². The Morgan fingerprint density at radius 2 is 2.00 bits per heavy atom. The lowest BCUT2D eigenvalue weighted by Crippen LogP contribution is -2.09. The first-order chi connectivity index (χ1) is 8.69. The molecule has 0 radical (unpaired) electrons. The zero-order valence-electron chi connectivity index (χ0n) is 10.2. The first-order valence-corrected chi connectivity index (χ1v) is 5.57. The molecule has 1 aromatic heterocycles. The highest BCUT2D eigenvalue weighted by Gasteiger charge is 2.07. The molecule has 5 heteroatoms. The Balaban J connectivity index is 2.08. The zero-order chi connectivity index (χ0) is 13.0. The molecule has 0 spiro atoms. The quantitative estimate of drug-likeness (QED) is 0.902. The monoisotopic (exact) mass is 247 g/mol. The summed E-state index contributed by atoms with van der Waals surface area (Å²) in [7, 11) is 1.56. The molecule has 1 heterocycles. The normalized spacial score (nSPS) is 11.9. The summed E-state index contributed by atoms with van der Waals surface area (Å²) in [6.45, 7) is 1.92. The van der Waals surface area contributed by atoms with Gasteiger partial charge in [0.05, 0.1) is 25.5 Å². The highest BCUT2D eigenvalue weighted by molar-refractivity contribution is 5.32. The Hall–Kier alpha value is -2.17. The van der Waals surface area contributed by atoms with Crippen LogP contribution in [-0.4, -0.2) is 17.1 Å². The summed E-state index contributed by atoms with van der Waals surface area (Å²) < 4.78 is 18.1. The molecule has 0 saturated heterocycles. The summed E-state index contributed by atoms with van der Waals surface area (Å²) in [5.74, 6) is 0.823. The van der Waals surface area contributed by atoms with Gasteiger partial charge in [0.25, 0.3) is 0 Å². The number of aromatic nitrogens is 2. The number of halogens is 1. The van der Waals surface area contributed by atoms with Crippen LogP contribution in [0, 0.1) is 5.82 Å². The average molecular weight is 247 g/mol. The first-order valence-electron chi connectivity index (χ1n) is 5.57. The molecule has 2 aromatic rings. The summed E-state index contributed by atoms with van der Waals surface area (Å²) in [6, 6.07) is 6.36. The van der Waals surface area contributed by atoms with Crippen LogP contribution in [0.25, 0.3) is 0 Å². The highest BCUT2D eigenvalue weighted by atomic mass is 19.1. The van der Waals surface area contributed by atoms with E-state index >= 15 is 0 Å². The van der Waals surface area contributed by atoms with E-state index in [-0.39, 0.29) is 11.9 Å². The largest absolute Gasteiger partial charge is 0.494 e. The highest BCUT2D eigenvalue weighted by Crippen LogP contribution is 2.18. The molecule has 0 aliphatic rings. The molecule has 0 saturated carbocycles. The molecule has 1 N–H and O–H groups in total. The van der Waals surface area contributed by atoms with Crippen LogP contribution < -0.4 is 10.1 Å². The summed E-state index contributed by atoms with van der Waals surface area (Å²) in [5, 5.41) is 3.09. The fraction of sp³-hybridized carbons (Fsp3) is 0.231. The van der Waals surface area contributed by atoms with Crippen molar-refractivity contribution in [3.8, 4) is 5.75 Å². The molecule has 18 heavy (non-hydrogen) atoms. The van der Waals surface area contributed by atoms with Crippen LogP contribution in [0.2, 0.25) is 0 Å². The van der Waals surface area contributed by atoms with Gasteiger partial charge in [-0.05, 0) is 24.6 Å². The van der Waals surface area contributed by atoms with Gasteiger partial charge in [-0.3, -0.25) is 0 Å². The first kappa shape index (κ1) is 12.3. The molecule has 1 aromatic carbocycles.